The van der Waals surface area contributed by atoms with E-state index in [2.05, 4.69) is 16.9 Å². The standard InChI is InChI=1S/C23H21NO2/c1-25-22-14-8-6-10-18(22)16-19(17-24-20-11-4-3-5-12-20)21-13-7-9-15-23(21)26-2/h3-15H,16H2,1-2H3. The summed E-state index contributed by atoms with van der Waals surface area (Å²) in [5, 5.41) is 0. The Morgan fingerprint density at radius 3 is 2.12 bits per heavy atom. The second-order valence-electron chi connectivity index (χ2n) is 5.73. The lowest BCUT2D eigenvalue weighted by molar-refractivity contribution is 0.410. The number of hydrogen-bond donors (Lipinski definition) is 0. The minimum atomic E-state index is 0.640. The molecule has 0 bridgehead atoms. The Bertz CT molecular complexity index is 926. The second-order valence-corrected chi connectivity index (χ2v) is 5.73. The van der Waals surface area contributed by atoms with Crippen LogP contribution in [0.15, 0.2) is 83.9 Å². The van der Waals surface area contributed by atoms with Crippen LogP contribution in [0.3, 0.4) is 0 Å². The summed E-state index contributed by atoms with van der Waals surface area (Å²) in [5.41, 5.74) is 3.85. The maximum Gasteiger partial charge on any atom is 0.127 e. The third-order valence-corrected chi connectivity index (χ3v) is 4.07. The van der Waals surface area contributed by atoms with Crippen molar-refractivity contribution in [3.05, 3.63) is 90.0 Å². The molecule has 0 unspecified atom stereocenters. The highest BCUT2D eigenvalue weighted by Gasteiger charge is 2.11. The van der Waals surface area contributed by atoms with E-state index in [9.17, 15) is 0 Å². The second kappa shape index (κ2) is 8.70. The maximum absolute atomic E-state index is 5.54. The van der Waals surface area contributed by atoms with Crippen LogP contribution in [0, 0.1) is 0 Å². The molecule has 0 aliphatic heterocycles. The molecule has 0 aliphatic rings. The van der Waals surface area contributed by atoms with E-state index in [-0.39, 0.29) is 0 Å². The molecule has 0 saturated carbocycles. The predicted molar refractivity (Wildman–Crippen MR) is 107 cm³/mol. The van der Waals surface area contributed by atoms with Crippen LogP contribution in [0.5, 0.6) is 11.5 Å². The molecule has 0 aliphatic carbocycles. The first-order chi connectivity index (χ1) is 12.8. The number of allylic oxidation sites excluding steroid dienone is 1. The van der Waals surface area contributed by atoms with Gasteiger partial charge in [-0.3, -0.25) is 0 Å². The van der Waals surface area contributed by atoms with Gasteiger partial charge in [-0.2, -0.15) is 0 Å². The van der Waals surface area contributed by atoms with Crippen molar-refractivity contribution >= 4 is 17.1 Å². The Labute approximate surface area is 154 Å². The van der Waals surface area contributed by atoms with Crippen molar-refractivity contribution in [3.63, 3.8) is 0 Å². The lowest BCUT2D eigenvalue weighted by atomic mass is 9.98. The number of para-hydroxylation sites is 3. The largest absolute Gasteiger partial charge is 0.496 e. The van der Waals surface area contributed by atoms with Gasteiger partial charge in [-0.05, 0) is 35.7 Å². The van der Waals surface area contributed by atoms with E-state index in [1.54, 1.807) is 14.2 Å². The molecule has 0 spiro atoms. The van der Waals surface area contributed by atoms with Gasteiger partial charge in [0.1, 0.15) is 11.5 Å². The zero-order valence-electron chi connectivity index (χ0n) is 15.0. The summed E-state index contributed by atoms with van der Waals surface area (Å²) in [4.78, 5) is 4.53. The van der Waals surface area contributed by atoms with Crippen LogP contribution in [0.4, 0.5) is 5.69 Å². The molecule has 3 aromatic rings. The van der Waals surface area contributed by atoms with Gasteiger partial charge in [-0.25, -0.2) is 4.99 Å². The minimum absolute atomic E-state index is 0.640. The fourth-order valence-electron chi connectivity index (χ4n) is 2.76. The summed E-state index contributed by atoms with van der Waals surface area (Å²) in [7, 11) is 3.36. The minimum Gasteiger partial charge on any atom is -0.496 e. The Morgan fingerprint density at radius 1 is 0.769 bits per heavy atom. The van der Waals surface area contributed by atoms with Gasteiger partial charge in [0, 0.05) is 17.6 Å². The van der Waals surface area contributed by atoms with E-state index < -0.39 is 0 Å². The van der Waals surface area contributed by atoms with Gasteiger partial charge in [-0.15, -0.1) is 0 Å². The number of nitrogens with zero attached hydrogens (tertiary/aromatic N) is 1. The highest BCUT2D eigenvalue weighted by molar-refractivity contribution is 5.93. The van der Waals surface area contributed by atoms with E-state index in [1.807, 2.05) is 72.8 Å². The van der Waals surface area contributed by atoms with Crippen LogP contribution < -0.4 is 9.47 Å². The summed E-state index contributed by atoms with van der Waals surface area (Å²) in [6, 6.07) is 25.7. The Morgan fingerprint density at radius 2 is 1.38 bits per heavy atom. The number of ether oxygens (including phenoxy) is 2. The van der Waals surface area contributed by atoms with Gasteiger partial charge >= 0.3 is 0 Å². The summed E-state index contributed by atoms with van der Waals surface area (Å²) in [6.45, 7) is 0. The number of aliphatic imine (C=N–C) groups is 1. The topological polar surface area (TPSA) is 30.8 Å². The van der Waals surface area contributed by atoms with Gasteiger partial charge < -0.3 is 9.47 Å². The molecule has 130 valence electrons. The van der Waals surface area contributed by atoms with E-state index in [1.165, 1.54) is 0 Å². The van der Waals surface area contributed by atoms with Crippen LogP contribution in [0.1, 0.15) is 11.1 Å². The van der Waals surface area contributed by atoms with Gasteiger partial charge in [-0.1, -0.05) is 54.6 Å². The summed E-state index contributed by atoms with van der Waals surface area (Å²) < 4.78 is 11.0. The summed E-state index contributed by atoms with van der Waals surface area (Å²) in [6.07, 6.45) is 0.640. The monoisotopic (exact) mass is 343 g/mol. The zero-order chi connectivity index (χ0) is 18.2. The van der Waals surface area contributed by atoms with Crippen molar-refractivity contribution < 1.29 is 9.47 Å². The lowest BCUT2D eigenvalue weighted by Crippen LogP contribution is -1.98. The number of methoxy groups -OCH3 is 2. The van der Waals surface area contributed by atoms with E-state index in [4.69, 9.17) is 9.47 Å². The van der Waals surface area contributed by atoms with Crippen molar-refractivity contribution in [2.45, 2.75) is 6.42 Å². The van der Waals surface area contributed by atoms with E-state index in [0.717, 1.165) is 33.9 Å². The molecule has 0 amide bonds. The molecule has 0 fully saturated rings. The van der Waals surface area contributed by atoms with Crippen LogP contribution in [-0.2, 0) is 6.42 Å². The van der Waals surface area contributed by atoms with Gasteiger partial charge in [0.15, 0.2) is 0 Å². The molecule has 3 heteroatoms. The molecule has 3 nitrogen and oxygen atoms in total. The molecule has 0 N–H and O–H groups in total. The third-order valence-electron chi connectivity index (χ3n) is 4.07. The zero-order valence-corrected chi connectivity index (χ0v) is 15.0. The summed E-state index contributed by atoms with van der Waals surface area (Å²) >= 11 is 0. The first-order valence-electron chi connectivity index (χ1n) is 8.44. The average Bonchev–Trinajstić information content (AvgIpc) is 2.72. The SMILES string of the molecule is COc1ccccc1CC(=C=Nc1ccccc1)c1ccccc1OC. The molecule has 0 atom stereocenters. The van der Waals surface area contributed by atoms with Gasteiger partial charge in [0.25, 0.3) is 0 Å². The molecule has 0 saturated heterocycles. The van der Waals surface area contributed by atoms with Crippen molar-refractivity contribution in [3.8, 4) is 11.5 Å². The molecule has 0 aromatic heterocycles. The molecule has 26 heavy (non-hydrogen) atoms. The van der Waals surface area contributed by atoms with Crippen LogP contribution in [-0.4, -0.2) is 20.1 Å². The summed E-state index contributed by atoms with van der Waals surface area (Å²) in [5.74, 6) is 4.88. The molecular weight excluding hydrogens is 322 g/mol. The normalized spacial score (nSPS) is 9.92. The molecule has 3 rings (SSSR count). The Balaban J connectivity index is 2.09. The number of benzene rings is 3. The molecular formula is C23H21NO2. The molecule has 3 aromatic carbocycles. The third kappa shape index (κ3) is 4.21. The van der Waals surface area contributed by atoms with Crippen LogP contribution in [0.2, 0.25) is 0 Å². The maximum atomic E-state index is 5.54. The first-order valence-corrected chi connectivity index (χ1v) is 8.44. The Hall–Kier alpha value is -3.29. The Kier molecular flexibility index (Phi) is 5.87. The smallest absolute Gasteiger partial charge is 0.127 e. The fraction of sp³-hybridized carbons (Fsp3) is 0.130. The van der Waals surface area contributed by atoms with Gasteiger partial charge in [0.2, 0.25) is 0 Å². The van der Waals surface area contributed by atoms with Crippen molar-refractivity contribution in [1.82, 2.24) is 0 Å². The van der Waals surface area contributed by atoms with Crippen LogP contribution >= 0.6 is 0 Å². The first kappa shape index (κ1) is 17.5. The average molecular weight is 343 g/mol. The molecule has 0 radical (unpaired) electrons. The van der Waals surface area contributed by atoms with Crippen molar-refractivity contribution in [1.29, 1.82) is 0 Å². The van der Waals surface area contributed by atoms with E-state index >= 15 is 0 Å². The predicted octanol–water partition coefficient (Wildman–Crippen LogP) is 5.33. The highest BCUT2D eigenvalue weighted by atomic mass is 16.5. The van der Waals surface area contributed by atoms with Gasteiger partial charge in [0.05, 0.1) is 19.9 Å². The quantitative estimate of drug-likeness (QED) is 0.566. The lowest BCUT2D eigenvalue weighted by Gasteiger charge is -2.12. The highest BCUT2D eigenvalue weighted by Crippen LogP contribution is 2.29. The van der Waals surface area contributed by atoms with Crippen molar-refractivity contribution in [2.75, 3.05) is 14.2 Å². The van der Waals surface area contributed by atoms with Crippen molar-refractivity contribution in [2.24, 2.45) is 4.99 Å². The van der Waals surface area contributed by atoms with Crippen LogP contribution in [0.25, 0.3) is 5.57 Å². The number of rotatable bonds is 6. The molecule has 0 heterocycles. The fourth-order valence-corrected chi connectivity index (χ4v) is 2.76. The number of hydrogen-bond acceptors (Lipinski definition) is 3. The van der Waals surface area contributed by atoms with E-state index in [0.29, 0.717) is 6.42 Å².